The zero-order valence-electron chi connectivity index (χ0n) is 21.3. The highest BCUT2D eigenvalue weighted by molar-refractivity contribution is 6.04. The van der Waals surface area contributed by atoms with Gasteiger partial charge in [-0.25, -0.2) is 9.18 Å². The molecule has 2 aromatic carbocycles. The van der Waals surface area contributed by atoms with E-state index in [4.69, 9.17) is 14.2 Å². The minimum Gasteiger partial charge on any atom is -0.493 e. The average Bonchev–Trinajstić information content (AvgIpc) is 2.86. The normalized spacial score (nSPS) is 19.7. The lowest BCUT2D eigenvalue weighted by molar-refractivity contribution is -0.140. The second-order valence-electron chi connectivity index (χ2n) is 9.65. The lowest BCUT2D eigenvalue weighted by atomic mass is 9.71. The third-order valence-corrected chi connectivity index (χ3v) is 6.69. The summed E-state index contributed by atoms with van der Waals surface area (Å²) in [6.45, 7) is 5.90. The Balaban J connectivity index is 1.76. The highest BCUT2D eigenvalue weighted by atomic mass is 19.1. The maximum Gasteiger partial charge on any atom is 0.336 e. The molecular weight excluding hydrogens is 461 g/mol. The predicted molar refractivity (Wildman–Crippen MR) is 134 cm³/mol. The molecule has 0 spiro atoms. The van der Waals surface area contributed by atoms with Gasteiger partial charge in [0.1, 0.15) is 5.82 Å². The van der Waals surface area contributed by atoms with Gasteiger partial charge < -0.3 is 19.5 Å². The number of carbonyl (C=O) groups is 2. The van der Waals surface area contributed by atoms with Crippen molar-refractivity contribution in [2.45, 2.75) is 45.4 Å². The largest absolute Gasteiger partial charge is 0.493 e. The van der Waals surface area contributed by atoms with E-state index in [1.807, 2.05) is 32.0 Å². The van der Waals surface area contributed by atoms with Crippen LogP contribution in [0.15, 0.2) is 65.0 Å². The lowest BCUT2D eigenvalue weighted by Gasteiger charge is -2.37. The number of dihydropyridines is 1. The number of ether oxygens (including phenoxy) is 3. The van der Waals surface area contributed by atoms with Crippen molar-refractivity contribution in [3.63, 3.8) is 0 Å². The second kappa shape index (κ2) is 10.6. The number of ketones is 1. The van der Waals surface area contributed by atoms with E-state index in [-0.39, 0.29) is 36.2 Å². The quantitative estimate of drug-likeness (QED) is 0.521. The predicted octanol–water partition coefficient (Wildman–Crippen LogP) is 5.40. The van der Waals surface area contributed by atoms with Gasteiger partial charge in [0.05, 0.1) is 32.3 Å². The Hall–Kier alpha value is -3.61. The molecule has 1 aliphatic carbocycles. The first-order valence-electron chi connectivity index (χ1n) is 12.1. The standard InChI is InChI=1S/C29H32FNO5/c1-16(2)15-36-29(33)26-17(3)31-22-12-19(18-10-11-24(34-4)25(14-18)35-5)13-23(32)28(22)27(26)20-8-6-7-9-21(20)30/h6-11,14,16,19,27,31H,12-13,15H2,1-5H3/t19-,27-/m1/s1. The monoisotopic (exact) mass is 493 g/mol. The zero-order chi connectivity index (χ0) is 26.0. The molecule has 0 radical (unpaired) electrons. The van der Waals surface area contributed by atoms with Crippen molar-refractivity contribution >= 4 is 11.8 Å². The van der Waals surface area contributed by atoms with Crippen LogP contribution < -0.4 is 14.8 Å². The molecule has 190 valence electrons. The van der Waals surface area contributed by atoms with Gasteiger partial charge in [0.25, 0.3) is 0 Å². The Labute approximate surface area is 211 Å². The molecule has 1 heterocycles. The molecule has 0 fully saturated rings. The van der Waals surface area contributed by atoms with E-state index in [0.717, 1.165) is 5.56 Å². The van der Waals surface area contributed by atoms with Crippen molar-refractivity contribution in [1.29, 1.82) is 0 Å². The Bertz CT molecular complexity index is 1250. The Kier molecular flexibility index (Phi) is 7.48. The molecule has 1 N–H and O–H groups in total. The Morgan fingerprint density at radius 3 is 2.47 bits per heavy atom. The highest BCUT2D eigenvalue weighted by Crippen LogP contribution is 2.47. The summed E-state index contributed by atoms with van der Waals surface area (Å²) in [5.41, 5.74) is 3.21. The third-order valence-electron chi connectivity index (χ3n) is 6.69. The fourth-order valence-corrected chi connectivity index (χ4v) is 4.99. The number of allylic oxidation sites excluding steroid dienone is 3. The fourth-order valence-electron chi connectivity index (χ4n) is 4.99. The first kappa shape index (κ1) is 25.5. The van der Waals surface area contributed by atoms with Crippen molar-refractivity contribution in [1.82, 2.24) is 5.32 Å². The van der Waals surface area contributed by atoms with Gasteiger partial charge >= 0.3 is 5.97 Å². The number of hydrogen-bond acceptors (Lipinski definition) is 6. The smallest absolute Gasteiger partial charge is 0.336 e. The van der Waals surface area contributed by atoms with Gasteiger partial charge in [-0.15, -0.1) is 0 Å². The highest BCUT2D eigenvalue weighted by Gasteiger charge is 2.42. The van der Waals surface area contributed by atoms with E-state index in [1.54, 1.807) is 39.3 Å². The number of hydrogen-bond donors (Lipinski definition) is 1. The van der Waals surface area contributed by atoms with Gasteiger partial charge in [-0.2, -0.15) is 0 Å². The number of benzene rings is 2. The number of methoxy groups -OCH3 is 2. The molecule has 1 aliphatic heterocycles. The molecule has 0 saturated heterocycles. The molecule has 0 aromatic heterocycles. The molecular formula is C29H32FNO5. The average molecular weight is 494 g/mol. The Morgan fingerprint density at radius 1 is 1.08 bits per heavy atom. The minimum atomic E-state index is -0.832. The van der Waals surface area contributed by atoms with E-state index in [9.17, 15) is 9.59 Å². The molecule has 6 nitrogen and oxygen atoms in total. The molecule has 0 saturated carbocycles. The van der Waals surface area contributed by atoms with Gasteiger partial charge in [0, 0.05) is 29.0 Å². The molecule has 2 atom stereocenters. The van der Waals surface area contributed by atoms with Crippen LogP contribution in [0, 0.1) is 11.7 Å². The van der Waals surface area contributed by atoms with Crippen LogP contribution in [0.25, 0.3) is 0 Å². The second-order valence-corrected chi connectivity index (χ2v) is 9.65. The van der Waals surface area contributed by atoms with Crippen molar-refractivity contribution in [3.8, 4) is 11.5 Å². The van der Waals surface area contributed by atoms with E-state index >= 15 is 4.39 Å². The van der Waals surface area contributed by atoms with Crippen LogP contribution in [0.3, 0.4) is 0 Å². The van der Waals surface area contributed by atoms with Gasteiger partial charge in [0.2, 0.25) is 0 Å². The summed E-state index contributed by atoms with van der Waals surface area (Å²) in [7, 11) is 3.15. The van der Waals surface area contributed by atoms with Gasteiger partial charge in [-0.1, -0.05) is 38.1 Å². The van der Waals surface area contributed by atoms with Crippen molar-refractivity contribution in [2.75, 3.05) is 20.8 Å². The van der Waals surface area contributed by atoms with E-state index < -0.39 is 17.7 Å². The number of nitrogens with one attached hydrogen (secondary N) is 1. The summed E-state index contributed by atoms with van der Waals surface area (Å²) >= 11 is 0. The first-order chi connectivity index (χ1) is 17.2. The molecule has 2 aromatic rings. The van der Waals surface area contributed by atoms with Crippen LogP contribution in [0.4, 0.5) is 4.39 Å². The maximum atomic E-state index is 15.1. The summed E-state index contributed by atoms with van der Waals surface area (Å²) in [6, 6.07) is 11.9. The topological polar surface area (TPSA) is 73.9 Å². The van der Waals surface area contributed by atoms with E-state index in [0.29, 0.717) is 40.5 Å². The Morgan fingerprint density at radius 2 is 1.81 bits per heavy atom. The van der Waals surface area contributed by atoms with Gasteiger partial charge in [-0.05, 0) is 48.9 Å². The van der Waals surface area contributed by atoms with Crippen LogP contribution in [0.1, 0.15) is 56.6 Å². The van der Waals surface area contributed by atoms with Crippen LogP contribution in [-0.4, -0.2) is 32.6 Å². The summed E-state index contributed by atoms with van der Waals surface area (Å²) in [5.74, 6) is -0.717. The molecule has 2 aliphatic rings. The van der Waals surface area contributed by atoms with Gasteiger partial charge in [0.15, 0.2) is 17.3 Å². The molecule has 0 unspecified atom stereocenters. The van der Waals surface area contributed by atoms with Crippen molar-refractivity contribution in [3.05, 3.63) is 81.9 Å². The lowest BCUT2D eigenvalue weighted by Crippen LogP contribution is -2.36. The zero-order valence-corrected chi connectivity index (χ0v) is 21.3. The van der Waals surface area contributed by atoms with Crippen LogP contribution in [0.2, 0.25) is 0 Å². The molecule has 0 bridgehead atoms. The van der Waals surface area contributed by atoms with Crippen molar-refractivity contribution in [2.24, 2.45) is 5.92 Å². The minimum absolute atomic E-state index is 0.105. The molecule has 0 amide bonds. The number of halogens is 1. The number of Topliss-reactive ketones (excluding diaryl/α,β-unsaturated/α-hetero) is 1. The number of rotatable bonds is 7. The van der Waals surface area contributed by atoms with Crippen molar-refractivity contribution < 1.29 is 28.2 Å². The van der Waals surface area contributed by atoms with Crippen LogP contribution in [0.5, 0.6) is 11.5 Å². The molecule has 36 heavy (non-hydrogen) atoms. The SMILES string of the molecule is COc1ccc([C@H]2CC(=O)C3=C(C2)NC(C)=C(C(=O)OCC(C)C)[C@H]3c2ccccc2F)cc1OC. The summed E-state index contributed by atoms with van der Waals surface area (Å²) < 4.78 is 31.4. The summed E-state index contributed by atoms with van der Waals surface area (Å²) in [5, 5.41) is 3.30. The van der Waals surface area contributed by atoms with Crippen LogP contribution in [-0.2, 0) is 14.3 Å². The summed E-state index contributed by atoms with van der Waals surface area (Å²) in [4.78, 5) is 26.9. The van der Waals surface area contributed by atoms with Crippen LogP contribution >= 0.6 is 0 Å². The third kappa shape index (κ3) is 4.87. The number of carbonyl (C=O) groups excluding carboxylic acids is 2. The van der Waals surface area contributed by atoms with E-state index in [1.165, 1.54) is 6.07 Å². The van der Waals surface area contributed by atoms with Gasteiger partial charge in [-0.3, -0.25) is 4.79 Å². The molecule has 4 rings (SSSR count). The fraction of sp³-hybridized carbons (Fsp3) is 0.379. The number of esters is 1. The maximum absolute atomic E-state index is 15.1. The molecule has 7 heteroatoms. The summed E-state index contributed by atoms with van der Waals surface area (Å²) in [6.07, 6.45) is 0.765. The first-order valence-corrected chi connectivity index (χ1v) is 12.1. The van der Waals surface area contributed by atoms with E-state index in [2.05, 4.69) is 5.32 Å².